The van der Waals surface area contributed by atoms with E-state index < -0.39 is 6.10 Å². The van der Waals surface area contributed by atoms with Crippen molar-refractivity contribution in [3.63, 3.8) is 0 Å². The number of hydrogen-bond donors (Lipinski definition) is 1. The van der Waals surface area contributed by atoms with Gasteiger partial charge in [-0.3, -0.25) is 9.59 Å². The molecule has 0 aliphatic rings. The lowest BCUT2D eigenvalue weighted by Gasteiger charge is -2.15. The van der Waals surface area contributed by atoms with Crippen molar-refractivity contribution < 1.29 is 19.1 Å². The molecule has 1 N–H and O–H groups in total. The van der Waals surface area contributed by atoms with Gasteiger partial charge in [0.15, 0.2) is 6.10 Å². The summed E-state index contributed by atoms with van der Waals surface area (Å²) < 4.78 is 9.95. The van der Waals surface area contributed by atoms with Crippen LogP contribution in [0.25, 0.3) is 0 Å². The Hall–Kier alpha value is -1.88. The van der Waals surface area contributed by atoms with Crippen molar-refractivity contribution in [2.45, 2.75) is 19.4 Å². The van der Waals surface area contributed by atoms with Gasteiger partial charge in [0.1, 0.15) is 0 Å². The fourth-order valence-electron chi connectivity index (χ4n) is 1.64. The number of methoxy groups -OCH3 is 1. The summed E-state index contributed by atoms with van der Waals surface area (Å²) in [7, 11) is 1.47. The third-order valence-corrected chi connectivity index (χ3v) is 2.51. The molecule has 1 rings (SSSR count). The maximum Gasteiger partial charge on any atom is 0.307 e. The Morgan fingerprint density at radius 3 is 2.53 bits per heavy atom. The molecule has 1 unspecified atom stereocenters. The van der Waals surface area contributed by atoms with E-state index >= 15 is 0 Å². The number of hydrogen-bond acceptors (Lipinski definition) is 4. The number of ether oxygens (including phenoxy) is 2. The van der Waals surface area contributed by atoms with Crippen molar-refractivity contribution >= 4 is 11.9 Å². The average molecular weight is 265 g/mol. The van der Waals surface area contributed by atoms with Crippen LogP contribution in [-0.4, -0.2) is 32.1 Å². The van der Waals surface area contributed by atoms with Crippen LogP contribution in [0.4, 0.5) is 0 Å². The van der Waals surface area contributed by atoms with Gasteiger partial charge in [0.25, 0.3) is 5.91 Å². The Bertz CT molecular complexity index is 405. The Balaban J connectivity index is 2.45. The standard InChI is InChI=1S/C14H19NO4/c1-3-19-12(16)9-10-15-14(17)13(18-2)11-7-5-4-6-8-11/h4-8,13H,3,9-10H2,1-2H3,(H,15,17). The first-order valence-electron chi connectivity index (χ1n) is 6.20. The Morgan fingerprint density at radius 1 is 1.26 bits per heavy atom. The fraction of sp³-hybridized carbons (Fsp3) is 0.429. The van der Waals surface area contributed by atoms with Crippen molar-refractivity contribution in [2.75, 3.05) is 20.3 Å². The van der Waals surface area contributed by atoms with Crippen LogP contribution in [-0.2, 0) is 19.1 Å². The third-order valence-electron chi connectivity index (χ3n) is 2.51. The predicted octanol–water partition coefficient (Wildman–Crippen LogP) is 1.44. The second kappa shape index (κ2) is 8.26. The summed E-state index contributed by atoms with van der Waals surface area (Å²) in [5, 5.41) is 2.66. The highest BCUT2D eigenvalue weighted by atomic mass is 16.5. The van der Waals surface area contributed by atoms with Gasteiger partial charge < -0.3 is 14.8 Å². The fourth-order valence-corrected chi connectivity index (χ4v) is 1.64. The van der Waals surface area contributed by atoms with E-state index in [1.807, 2.05) is 30.3 Å². The van der Waals surface area contributed by atoms with Crippen LogP contribution in [0.3, 0.4) is 0 Å². The molecule has 1 aromatic carbocycles. The van der Waals surface area contributed by atoms with Gasteiger partial charge in [0.05, 0.1) is 13.0 Å². The highest BCUT2D eigenvalue weighted by Crippen LogP contribution is 2.15. The number of esters is 1. The maximum atomic E-state index is 11.9. The number of carbonyl (C=O) groups is 2. The van der Waals surface area contributed by atoms with Crippen molar-refractivity contribution in [3.05, 3.63) is 35.9 Å². The normalized spacial score (nSPS) is 11.7. The molecule has 0 saturated heterocycles. The molecule has 0 saturated carbocycles. The topological polar surface area (TPSA) is 64.6 Å². The molecule has 0 aliphatic heterocycles. The van der Waals surface area contributed by atoms with Crippen LogP contribution in [0.2, 0.25) is 0 Å². The summed E-state index contributed by atoms with van der Waals surface area (Å²) in [6.45, 7) is 2.33. The summed E-state index contributed by atoms with van der Waals surface area (Å²) in [6, 6.07) is 9.19. The van der Waals surface area contributed by atoms with Crippen molar-refractivity contribution in [1.82, 2.24) is 5.32 Å². The molecule has 1 amide bonds. The zero-order valence-electron chi connectivity index (χ0n) is 11.2. The largest absolute Gasteiger partial charge is 0.466 e. The van der Waals surface area contributed by atoms with Gasteiger partial charge in [0, 0.05) is 13.7 Å². The summed E-state index contributed by atoms with van der Waals surface area (Å²) in [6.07, 6.45) is -0.506. The van der Waals surface area contributed by atoms with Crippen LogP contribution in [0.15, 0.2) is 30.3 Å². The van der Waals surface area contributed by atoms with Crippen LogP contribution in [0.5, 0.6) is 0 Å². The molecule has 0 aromatic heterocycles. The quantitative estimate of drug-likeness (QED) is 0.758. The Morgan fingerprint density at radius 2 is 1.95 bits per heavy atom. The monoisotopic (exact) mass is 265 g/mol. The van der Waals surface area contributed by atoms with Gasteiger partial charge in [-0.25, -0.2) is 0 Å². The molecular formula is C14H19NO4. The van der Waals surface area contributed by atoms with E-state index in [1.165, 1.54) is 7.11 Å². The SMILES string of the molecule is CCOC(=O)CCNC(=O)C(OC)c1ccccc1. The minimum Gasteiger partial charge on any atom is -0.466 e. The lowest BCUT2D eigenvalue weighted by molar-refractivity contribution is -0.143. The summed E-state index contributed by atoms with van der Waals surface area (Å²) in [5.74, 6) is -0.588. The molecule has 1 aromatic rings. The summed E-state index contributed by atoms with van der Waals surface area (Å²) >= 11 is 0. The number of benzene rings is 1. The lowest BCUT2D eigenvalue weighted by Crippen LogP contribution is -2.32. The van der Waals surface area contributed by atoms with Gasteiger partial charge in [-0.1, -0.05) is 30.3 Å². The molecule has 0 fully saturated rings. The summed E-state index contributed by atoms with van der Waals surface area (Å²) in [4.78, 5) is 23.1. The van der Waals surface area contributed by atoms with Crippen LogP contribution in [0, 0.1) is 0 Å². The number of nitrogens with one attached hydrogen (secondary N) is 1. The van der Waals surface area contributed by atoms with E-state index in [1.54, 1.807) is 6.92 Å². The van der Waals surface area contributed by atoms with Crippen molar-refractivity contribution in [1.29, 1.82) is 0 Å². The highest BCUT2D eigenvalue weighted by molar-refractivity contribution is 5.82. The molecule has 0 aliphatic carbocycles. The average Bonchev–Trinajstić information content (AvgIpc) is 2.41. The summed E-state index contributed by atoms with van der Waals surface area (Å²) in [5.41, 5.74) is 0.777. The van der Waals surface area contributed by atoms with E-state index in [0.29, 0.717) is 6.61 Å². The minimum absolute atomic E-state index is 0.158. The van der Waals surface area contributed by atoms with E-state index in [0.717, 1.165) is 5.56 Å². The Labute approximate surface area is 112 Å². The zero-order chi connectivity index (χ0) is 14.1. The second-order valence-corrected chi connectivity index (χ2v) is 3.87. The Kier molecular flexibility index (Phi) is 6.60. The van der Waals surface area contributed by atoms with E-state index in [4.69, 9.17) is 9.47 Å². The second-order valence-electron chi connectivity index (χ2n) is 3.87. The minimum atomic E-state index is -0.664. The third kappa shape index (κ3) is 5.09. The zero-order valence-corrected chi connectivity index (χ0v) is 11.2. The smallest absolute Gasteiger partial charge is 0.307 e. The van der Waals surface area contributed by atoms with Gasteiger partial charge in [-0.2, -0.15) is 0 Å². The van der Waals surface area contributed by atoms with E-state index in [-0.39, 0.29) is 24.8 Å². The lowest BCUT2D eigenvalue weighted by atomic mass is 10.1. The molecule has 19 heavy (non-hydrogen) atoms. The van der Waals surface area contributed by atoms with Gasteiger partial charge in [0.2, 0.25) is 0 Å². The van der Waals surface area contributed by atoms with Gasteiger partial charge in [-0.05, 0) is 12.5 Å². The molecule has 5 nitrogen and oxygen atoms in total. The van der Waals surface area contributed by atoms with Crippen molar-refractivity contribution in [2.24, 2.45) is 0 Å². The van der Waals surface area contributed by atoms with Gasteiger partial charge in [-0.15, -0.1) is 0 Å². The first-order chi connectivity index (χ1) is 9.19. The molecule has 104 valence electrons. The molecular weight excluding hydrogens is 246 g/mol. The molecule has 0 radical (unpaired) electrons. The van der Waals surface area contributed by atoms with Crippen molar-refractivity contribution in [3.8, 4) is 0 Å². The highest BCUT2D eigenvalue weighted by Gasteiger charge is 2.19. The van der Waals surface area contributed by atoms with E-state index in [9.17, 15) is 9.59 Å². The molecule has 0 heterocycles. The molecule has 0 bridgehead atoms. The predicted molar refractivity (Wildman–Crippen MR) is 70.5 cm³/mol. The molecule has 5 heteroatoms. The molecule has 1 atom stereocenters. The first kappa shape index (κ1) is 15.2. The number of rotatable bonds is 7. The molecule has 0 spiro atoms. The maximum absolute atomic E-state index is 11.9. The van der Waals surface area contributed by atoms with Crippen LogP contribution in [0.1, 0.15) is 25.0 Å². The first-order valence-corrected chi connectivity index (χ1v) is 6.20. The van der Waals surface area contributed by atoms with E-state index in [2.05, 4.69) is 5.32 Å². The number of amides is 1. The number of carbonyl (C=O) groups excluding carboxylic acids is 2. The van der Waals surface area contributed by atoms with Crippen LogP contribution < -0.4 is 5.32 Å². The van der Waals surface area contributed by atoms with Gasteiger partial charge >= 0.3 is 5.97 Å². The van der Waals surface area contributed by atoms with Crippen LogP contribution >= 0.6 is 0 Å².